The number of aromatic nitrogens is 3. The number of methoxy groups -OCH3 is 1. The van der Waals surface area contributed by atoms with Gasteiger partial charge >= 0.3 is 23.0 Å². The third-order valence-electron chi connectivity index (χ3n) is 2.97. The Morgan fingerprint density at radius 2 is 2.00 bits per heavy atom. The van der Waals surface area contributed by atoms with E-state index in [4.69, 9.17) is 0 Å². The number of esters is 1. The molecule has 0 saturated heterocycles. The highest BCUT2D eigenvalue weighted by atomic mass is 19.1. The number of carbonyl (C=O) groups is 1. The molecule has 2 rings (SSSR count). The highest BCUT2D eigenvalue weighted by Gasteiger charge is 2.22. The van der Waals surface area contributed by atoms with Crippen LogP contribution in [0, 0.1) is 15.9 Å². The molecule has 0 fully saturated rings. The monoisotopic (exact) mass is 340 g/mol. The van der Waals surface area contributed by atoms with E-state index in [0.29, 0.717) is 10.6 Å². The molecule has 1 heterocycles. The van der Waals surface area contributed by atoms with Gasteiger partial charge in [0, 0.05) is 12.1 Å². The number of ether oxygens (including phenoxy) is 1. The van der Waals surface area contributed by atoms with Crippen LogP contribution in [0.2, 0.25) is 0 Å². The molecule has 0 amide bonds. The highest BCUT2D eigenvalue weighted by molar-refractivity contribution is 5.68. The Bertz CT molecular complexity index is 1000. The predicted octanol–water partition coefficient (Wildman–Crippen LogP) is -1.09. The van der Waals surface area contributed by atoms with E-state index < -0.39 is 51.7 Å². The molecule has 24 heavy (non-hydrogen) atoms. The highest BCUT2D eigenvalue weighted by Crippen LogP contribution is 2.21. The fourth-order valence-electron chi connectivity index (χ4n) is 1.88. The first-order valence-corrected chi connectivity index (χ1v) is 6.23. The van der Waals surface area contributed by atoms with E-state index in [2.05, 4.69) is 4.74 Å². The molecule has 1 aromatic heterocycles. The molecule has 0 atom stereocenters. The normalized spacial score (nSPS) is 10.4. The summed E-state index contributed by atoms with van der Waals surface area (Å²) in [5, 5.41) is 11.0. The number of hydrogen-bond acceptors (Lipinski definition) is 7. The molecule has 126 valence electrons. The van der Waals surface area contributed by atoms with Crippen LogP contribution in [0.5, 0.6) is 0 Å². The first kappa shape index (κ1) is 16.8. The summed E-state index contributed by atoms with van der Waals surface area (Å²) < 4.78 is 18.2. The van der Waals surface area contributed by atoms with Gasteiger partial charge in [-0.25, -0.2) is 27.9 Å². The maximum Gasteiger partial charge on any atom is 0.341 e. The minimum atomic E-state index is -1.36. The van der Waals surface area contributed by atoms with Crippen molar-refractivity contribution >= 4 is 11.7 Å². The second kappa shape index (κ2) is 6.28. The van der Waals surface area contributed by atoms with Crippen molar-refractivity contribution in [2.45, 2.75) is 6.54 Å². The maximum absolute atomic E-state index is 13.4. The van der Waals surface area contributed by atoms with Crippen LogP contribution in [0.3, 0.4) is 0 Å². The Kier molecular flexibility index (Phi) is 4.39. The summed E-state index contributed by atoms with van der Waals surface area (Å²) in [7, 11) is 1.01. The van der Waals surface area contributed by atoms with Gasteiger partial charge in [0.05, 0.1) is 12.0 Å². The molecule has 0 aliphatic carbocycles. The number of nitrogens with one attached hydrogen (secondary N) is 1. The Morgan fingerprint density at radius 3 is 2.58 bits per heavy atom. The van der Waals surface area contributed by atoms with Crippen LogP contribution in [0.4, 0.5) is 10.1 Å². The third kappa shape index (κ3) is 2.97. The molecule has 0 radical (unpaired) electrons. The number of nitrogens with zero attached hydrogens (tertiary/aromatic N) is 3. The fraction of sp³-hybridized carbons (Fsp3) is 0.167. The number of nitro groups is 1. The van der Waals surface area contributed by atoms with E-state index in [1.165, 1.54) is 0 Å². The number of H-pyrrole nitrogens is 1. The largest absolute Gasteiger partial charge is 0.468 e. The van der Waals surface area contributed by atoms with Gasteiger partial charge in [-0.15, -0.1) is 0 Å². The van der Waals surface area contributed by atoms with Crippen LogP contribution < -0.4 is 17.1 Å². The molecular weight excluding hydrogens is 331 g/mol. The van der Waals surface area contributed by atoms with E-state index in [9.17, 15) is 33.7 Å². The van der Waals surface area contributed by atoms with Crippen molar-refractivity contribution < 1.29 is 18.8 Å². The van der Waals surface area contributed by atoms with E-state index in [-0.39, 0.29) is 4.57 Å². The Hall–Kier alpha value is -3.57. The van der Waals surface area contributed by atoms with Gasteiger partial charge in [0.15, 0.2) is 0 Å². The zero-order chi connectivity index (χ0) is 18.0. The van der Waals surface area contributed by atoms with Crippen LogP contribution in [0.15, 0.2) is 32.6 Å². The van der Waals surface area contributed by atoms with Crippen molar-refractivity contribution in [3.63, 3.8) is 0 Å². The average Bonchev–Trinajstić information content (AvgIpc) is 2.50. The second-order valence-corrected chi connectivity index (χ2v) is 4.41. The SMILES string of the molecule is COC(=O)Cn1c(=O)[nH]c(=O)n(-c2cc(F)ccc2[N+](=O)[O-])c1=O. The quantitative estimate of drug-likeness (QED) is 0.422. The number of carbonyl (C=O) groups excluding carboxylic acids is 1. The van der Waals surface area contributed by atoms with Crippen molar-refractivity contribution in [2.24, 2.45) is 0 Å². The fourth-order valence-corrected chi connectivity index (χ4v) is 1.88. The lowest BCUT2D eigenvalue weighted by Crippen LogP contribution is -2.49. The summed E-state index contributed by atoms with van der Waals surface area (Å²) in [6, 6.07) is 2.11. The van der Waals surface area contributed by atoms with Gasteiger partial charge < -0.3 is 4.74 Å². The standard InChI is InChI=1S/C12H9FN4O7/c1-24-9(18)5-15-10(19)14-11(20)16(12(15)21)8-4-6(13)2-3-7(8)17(22)23/h2-4H,5H2,1H3,(H,14,19,20). The van der Waals surface area contributed by atoms with Crippen molar-refractivity contribution in [1.82, 2.24) is 14.1 Å². The summed E-state index contributed by atoms with van der Waals surface area (Å²) in [6.07, 6.45) is 0. The van der Waals surface area contributed by atoms with Gasteiger partial charge in [-0.05, 0) is 6.07 Å². The number of hydrogen-bond donors (Lipinski definition) is 1. The summed E-state index contributed by atoms with van der Waals surface area (Å²) in [5.41, 5.74) is -5.33. The molecule has 0 aliphatic heterocycles. The number of nitro benzene ring substituents is 1. The van der Waals surface area contributed by atoms with Gasteiger partial charge in [0.25, 0.3) is 5.69 Å². The zero-order valence-corrected chi connectivity index (χ0v) is 12.0. The minimum Gasteiger partial charge on any atom is -0.468 e. The topological polar surface area (TPSA) is 146 Å². The molecule has 11 nitrogen and oxygen atoms in total. The molecule has 1 aromatic carbocycles. The van der Waals surface area contributed by atoms with Gasteiger partial charge in [-0.2, -0.15) is 0 Å². The molecular formula is C12H9FN4O7. The van der Waals surface area contributed by atoms with Crippen molar-refractivity contribution in [3.8, 4) is 5.69 Å². The van der Waals surface area contributed by atoms with E-state index in [1.807, 2.05) is 0 Å². The first-order valence-electron chi connectivity index (χ1n) is 6.23. The number of aromatic amines is 1. The Morgan fingerprint density at radius 1 is 1.33 bits per heavy atom. The second-order valence-electron chi connectivity index (χ2n) is 4.41. The molecule has 0 spiro atoms. The zero-order valence-electron chi connectivity index (χ0n) is 12.0. The lowest BCUT2D eigenvalue weighted by atomic mass is 10.2. The van der Waals surface area contributed by atoms with E-state index in [1.54, 1.807) is 4.98 Å². The van der Waals surface area contributed by atoms with Crippen LogP contribution in [0.1, 0.15) is 0 Å². The first-order chi connectivity index (χ1) is 11.3. The summed E-state index contributed by atoms with van der Waals surface area (Å²) >= 11 is 0. The number of benzene rings is 1. The van der Waals surface area contributed by atoms with Crippen LogP contribution in [-0.4, -0.2) is 32.1 Å². The summed E-state index contributed by atoms with van der Waals surface area (Å²) in [5.74, 6) is -1.92. The lowest BCUT2D eigenvalue weighted by molar-refractivity contribution is -0.384. The number of halogens is 1. The molecule has 0 aliphatic rings. The van der Waals surface area contributed by atoms with Crippen molar-refractivity contribution in [3.05, 3.63) is 65.6 Å². The van der Waals surface area contributed by atoms with E-state index >= 15 is 0 Å². The Labute approximate surface area is 130 Å². The molecule has 0 saturated carbocycles. The van der Waals surface area contributed by atoms with Gasteiger partial charge in [0.1, 0.15) is 18.0 Å². The third-order valence-corrected chi connectivity index (χ3v) is 2.97. The molecule has 2 aromatic rings. The minimum absolute atomic E-state index is 0.186. The van der Waals surface area contributed by atoms with Gasteiger partial charge in [-0.1, -0.05) is 0 Å². The summed E-state index contributed by atoms with van der Waals surface area (Å²) in [6.45, 7) is -0.839. The van der Waals surface area contributed by atoms with Gasteiger partial charge in [0.2, 0.25) is 0 Å². The van der Waals surface area contributed by atoms with Crippen LogP contribution >= 0.6 is 0 Å². The predicted molar refractivity (Wildman–Crippen MR) is 75.5 cm³/mol. The average molecular weight is 340 g/mol. The maximum atomic E-state index is 13.4. The van der Waals surface area contributed by atoms with Crippen LogP contribution in [0.25, 0.3) is 5.69 Å². The lowest BCUT2D eigenvalue weighted by Gasteiger charge is -2.08. The Balaban J connectivity index is 2.84. The van der Waals surface area contributed by atoms with E-state index in [0.717, 1.165) is 19.2 Å². The molecule has 12 heteroatoms. The molecule has 0 unspecified atom stereocenters. The van der Waals surface area contributed by atoms with Crippen molar-refractivity contribution in [2.75, 3.05) is 7.11 Å². The van der Waals surface area contributed by atoms with Gasteiger partial charge in [-0.3, -0.25) is 19.9 Å². The van der Waals surface area contributed by atoms with Crippen molar-refractivity contribution in [1.29, 1.82) is 0 Å². The molecule has 0 bridgehead atoms. The number of rotatable bonds is 4. The summed E-state index contributed by atoms with van der Waals surface area (Å²) in [4.78, 5) is 58.9. The smallest absolute Gasteiger partial charge is 0.341 e. The van der Waals surface area contributed by atoms with Crippen LogP contribution in [-0.2, 0) is 16.1 Å². The molecule has 1 N–H and O–H groups in total.